The molecule has 0 aliphatic carbocycles. The predicted molar refractivity (Wildman–Crippen MR) is 76.4 cm³/mol. The zero-order valence-electron chi connectivity index (χ0n) is 12.6. The molecule has 1 heterocycles. The Morgan fingerprint density at radius 3 is 2.50 bits per heavy atom. The maximum absolute atomic E-state index is 11.8. The molecule has 1 saturated heterocycles. The molecule has 0 aromatic rings. The van der Waals surface area contributed by atoms with E-state index in [4.69, 9.17) is 9.84 Å². The van der Waals surface area contributed by atoms with E-state index in [9.17, 15) is 9.59 Å². The summed E-state index contributed by atoms with van der Waals surface area (Å²) in [5, 5.41) is 11.7. The number of carbonyl (C=O) groups excluding carboxylic acids is 1. The molecule has 0 aromatic heterocycles. The third-order valence-electron chi connectivity index (χ3n) is 3.70. The molecular weight excluding hydrogens is 258 g/mol. The minimum absolute atomic E-state index is 0.148. The van der Waals surface area contributed by atoms with Crippen molar-refractivity contribution in [1.29, 1.82) is 0 Å². The van der Waals surface area contributed by atoms with Crippen molar-refractivity contribution in [1.82, 2.24) is 5.32 Å². The Labute approximate surface area is 121 Å². The van der Waals surface area contributed by atoms with E-state index in [0.29, 0.717) is 18.8 Å². The Morgan fingerprint density at radius 1 is 1.30 bits per heavy atom. The molecule has 20 heavy (non-hydrogen) atoms. The second kappa shape index (κ2) is 8.95. The number of amides is 1. The van der Waals surface area contributed by atoms with Crippen LogP contribution >= 0.6 is 0 Å². The van der Waals surface area contributed by atoms with Crippen molar-refractivity contribution in [3.05, 3.63) is 0 Å². The van der Waals surface area contributed by atoms with Gasteiger partial charge in [-0.3, -0.25) is 4.79 Å². The average molecular weight is 285 g/mol. The molecule has 1 unspecified atom stereocenters. The molecule has 1 amide bonds. The average Bonchev–Trinajstić information content (AvgIpc) is 2.38. The summed E-state index contributed by atoms with van der Waals surface area (Å²) >= 11 is 0. The van der Waals surface area contributed by atoms with Gasteiger partial charge in [0.25, 0.3) is 0 Å². The van der Waals surface area contributed by atoms with Gasteiger partial charge in [-0.2, -0.15) is 0 Å². The van der Waals surface area contributed by atoms with E-state index < -0.39 is 12.0 Å². The lowest BCUT2D eigenvalue weighted by Gasteiger charge is -2.22. The summed E-state index contributed by atoms with van der Waals surface area (Å²) in [4.78, 5) is 22.8. The summed E-state index contributed by atoms with van der Waals surface area (Å²) in [5.41, 5.74) is 0. The third-order valence-corrected chi connectivity index (χ3v) is 3.70. The van der Waals surface area contributed by atoms with Gasteiger partial charge in [0, 0.05) is 19.6 Å². The number of carbonyl (C=O) groups is 2. The lowest BCUT2D eigenvalue weighted by Crippen LogP contribution is -2.41. The second-order valence-corrected chi connectivity index (χ2v) is 6.04. The Bertz CT molecular complexity index is 311. The maximum Gasteiger partial charge on any atom is 0.326 e. The summed E-state index contributed by atoms with van der Waals surface area (Å²) in [6.45, 7) is 5.55. The van der Waals surface area contributed by atoms with Gasteiger partial charge in [0.2, 0.25) is 5.91 Å². The molecule has 5 heteroatoms. The lowest BCUT2D eigenvalue weighted by molar-refractivity contribution is -0.142. The molecule has 1 rings (SSSR count). The monoisotopic (exact) mass is 285 g/mol. The number of nitrogens with one attached hydrogen (secondary N) is 1. The van der Waals surface area contributed by atoms with Crippen LogP contribution < -0.4 is 5.32 Å². The van der Waals surface area contributed by atoms with Crippen molar-refractivity contribution >= 4 is 11.9 Å². The smallest absolute Gasteiger partial charge is 0.326 e. The predicted octanol–water partition coefficient (Wildman–Crippen LogP) is 2.20. The van der Waals surface area contributed by atoms with Gasteiger partial charge in [-0.25, -0.2) is 4.79 Å². The number of hydrogen-bond donors (Lipinski definition) is 2. The summed E-state index contributed by atoms with van der Waals surface area (Å²) in [5.74, 6) is -0.192. The quantitative estimate of drug-likeness (QED) is 0.717. The first kappa shape index (κ1) is 17.0. The highest BCUT2D eigenvalue weighted by Crippen LogP contribution is 2.20. The topological polar surface area (TPSA) is 75.6 Å². The van der Waals surface area contributed by atoms with Crippen LogP contribution in [0, 0.1) is 11.8 Å². The Kier molecular flexibility index (Phi) is 7.59. The van der Waals surface area contributed by atoms with Gasteiger partial charge in [0.1, 0.15) is 6.04 Å². The van der Waals surface area contributed by atoms with Gasteiger partial charge in [0.05, 0.1) is 0 Å². The molecule has 1 atom stereocenters. The zero-order chi connectivity index (χ0) is 15.0. The van der Waals surface area contributed by atoms with Gasteiger partial charge >= 0.3 is 5.97 Å². The fourth-order valence-corrected chi connectivity index (χ4v) is 2.55. The van der Waals surface area contributed by atoms with E-state index in [1.807, 2.05) is 13.8 Å². The fourth-order valence-electron chi connectivity index (χ4n) is 2.55. The fraction of sp³-hybridized carbons (Fsp3) is 0.867. The van der Waals surface area contributed by atoms with Gasteiger partial charge in [-0.15, -0.1) is 0 Å². The molecule has 1 fully saturated rings. The molecule has 0 bridgehead atoms. The molecule has 0 saturated carbocycles. The Hall–Kier alpha value is -1.10. The minimum atomic E-state index is -0.948. The van der Waals surface area contributed by atoms with Crippen molar-refractivity contribution in [2.24, 2.45) is 11.8 Å². The molecule has 2 N–H and O–H groups in total. The number of rotatable bonds is 8. The van der Waals surface area contributed by atoms with E-state index in [1.54, 1.807) is 0 Å². The van der Waals surface area contributed by atoms with Crippen LogP contribution in [-0.4, -0.2) is 36.2 Å². The number of ether oxygens (including phenoxy) is 1. The van der Waals surface area contributed by atoms with Gasteiger partial charge in [-0.1, -0.05) is 13.8 Å². The van der Waals surface area contributed by atoms with E-state index in [0.717, 1.165) is 38.9 Å². The van der Waals surface area contributed by atoms with E-state index in [-0.39, 0.29) is 11.8 Å². The first-order valence-electron chi connectivity index (χ1n) is 7.59. The van der Waals surface area contributed by atoms with E-state index >= 15 is 0 Å². The molecule has 5 nitrogen and oxygen atoms in total. The molecule has 0 spiro atoms. The molecule has 0 radical (unpaired) electrons. The molecule has 1 aliphatic heterocycles. The number of hydrogen-bond acceptors (Lipinski definition) is 3. The molecule has 116 valence electrons. The largest absolute Gasteiger partial charge is 0.480 e. The highest BCUT2D eigenvalue weighted by atomic mass is 16.5. The van der Waals surface area contributed by atoms with Crippen LogP contribution in [0.25, 0.3) is 0 Å². The standard InChI is InChI=1S/C15H27NO4/c1-11(2)10-13(15(18)19)16-14(17)5-3-4-12-6-8-20-9-7-12/h11-13H,3-10H2,1-2H3,(H,16,17)(H,18,19). The number of carboxylic acids is 1. The van der Waals surface area contributed by atoms with Crippen molar-refractivity contribution in [2.45, 2.75) is 58.4 Å². The second-order valence-electron chi connectivity index (χ2n) is 6.04. The number of aliphatic carboxylic acids is 1. The highest BCUT2D eigenvalue weighted by molar-refractivity contribution is 5.83. The van der Waals surface area contributed by atoms with Crippen molar-refractivity contribution in [3.63, 3.8) is 0 Å². The summed E-state index contributed by atoms with van der Waals surface area (Å²) in [7, 11) is 0. The first-order valence-corrected chi connectivity index (χ1v) is 7.59. The van der Waals surface area contributed by atoms with Gasteiger partial charge in [0.15, 0.2) is 0 Å². The van der Waals surface area contributed by atoms with Crippen LogP contribution in [0.2, 0.25) is 0 Å². The summed E-state index contributed by atoms with van der Waals surface area (Å²) < 4.78 is 5.30. The van der Waals surface area contributed by atoms with Gasteiger partial charge in [-0.05, 0) is 43.9 Å². The lowest BCUT2D eigenvalue weighted by atomic mass is 9.94. The van der Waals surface area contributed by atoms with E-state index in [1.165, 1.54) is 0 Å². The third kappa shape index (κ3) is 6.89. The number of carboxylic acid groups (broad SMARTS) is 1. The zero-order valence-corrected chi connectivity index (χ0v) is 12.6. The Balaban J connectivity index is 2.21. The van der Waals surface area contributed by atoms with Crippen LogP contribution in [0.1, 0.15) is 52.4 Å². The van der Waals surface area contributed by atoms with Crippen LogP contribution in [0.4, 0.5) is 0 Å². The van der Waals surface area contributed by atoms with Crippen LogP contribution in [-0.2, 0) is 14.3 Å². The summed E-state index contributed by atoms with van der Waals surface area (Å²) in [6, 6.07) is -0.759. The SMILES string of the molecule is CC(C)CC(NC(=O)CCCC1CCOCC1)C(=O)O. The highest BCUT2D eigenvalue weighted by Gasteiger charge is 2.21. The van der Waals surface area contributed by atoms with Gasteiger partial charge < -0.3 is 15.2 Å². The van der Waals surface area contributed by atoms with Crippen LogP contribution in [0.3, 0.4) is 0 Å². The molecule has 1 aliphatic rings. The van der Waals surface area contributed by atoms with Crippen LogP contribution in [0.5, 0.6) is 0 Å². The summed E-state index contributed by atoms with van der Waals surface area (Å²) in [6.07, 6.45) is 4.89. The van der Waals surface area contributed by atoms with Crippen molar-refractivity contribution in [3.8, 4) is 0 Å². The van der Waals surface area contributed by atoms with Crippen LogP contribution in [0.15, 0.2) is 0 Å². The normalized spacial score (nSPS) is 17.9. The van der Waals surface area contributed by atoms with Crippen molar-refractivity contribution in [2.75, 3.05) is 13.2 Å². The van der Waals surface area contributed by atoms with E-state index in [2.05, 4.69) is 5.32 Å². The maximum atomic E-state index is 11.8. The molecule has 0 aromatic carbocycles. The minimum Gasteiger partial charge on any atom is -0.480 e. The van der Waals surface area contributed by atoms with Crippen molar-refractivity contribution < 1.29 is 19.4 Å². The molecular formula is C15H27NO4. The first-order chi connectivity index (χ1) is 9.49. The Morgan fingerprint density at radius 2 is 1.95 bits per heavy atom.